The van der Waals surface area contributed by atoms with E-state index in [0.717, 1.165) is 9.26 Å². The molecule has 0 radical (unpaired) electrons. The number of nitrogens with zero attached hydrogens (tertiary/aromatic N) is 1. The zero-order valence-corrected chi connectivity index (χ0v) is 13.5. The summed E-state index contributed by atoms with van der Waals surface area (Å²) in [7, 11) is 0. The number of halogens is 1. The topological polar surface area (TPSA) is 37.4 Å². The number of fused-ring (bicyclic) bond motifs is 3. The summed E-state index contributed by atoms with van der Waals surface area (Å²) in [6, 6.07) is 7.64. The number of hydrogen-bond acceptors (Lipinski definition) is 2. The lowest BCUT2D eigenvalue weighted by Gasteiger charge is -2.21. The zero-order valence-electron chi connectivity index (χ0n) is 11.3. The van der Waals surface area contributed by atoms with Gasteiger partial charge in [-0.1, -0.05) is 12.2 Å². The maximum absolute atomic E-state index is 12.9. The smallest absolute Gasteiger partial charge is 0.238 e. The van der Waals surface area contributed by atoms with Gasteiger partial charge in [-0.25, -0.2) is 0 Å². The fourth-order valence-electron chi connectivity index (χ4n) is 4.92. The van der Waals surface area contributed by atoms with Crippen molar-refractivity contribution in [1.82, 2.24) is 0 Å². The third-order valence-corrected chi connectivity index (χ3v) is 6.66. The monoisotopic (exact) mass is 391 g/mol. The average molecular weight is 391 g/mol. The minimum absolute atomic E-state index is 0.0225. The van der Waals surface area contributed by atoms with Crippen LogP contribution >= 0.6 is 22.6 Å². The van der Waals surface area contributed by atoms with Crippen molar-refractivity contribution in [2.24, 2.45) is 29.1 Å². The highest BCUT2D eigenvalue weighted by Crippen LogP contribution is 2.73. The summed E-state index contributed by atoms with van der Waals surface area (Å²) < 4.78 is 1.11. The van der Waals surface area contributed by atoms with E-state index < -0.39 is 0 Å². The van der Waals surface area contributed by atoms with Crippen molar-refractivity contribution in [2.45, 2.75) is 12.8 Å². The fraction of sp³-hybridized carbons (Fsp3) is 0.412. The quantitative estimate of drug-likeness (QED) is 0.420. The second-order valence-corrected chi connectivity index (χ2v) is 7.96. The highest BCUT2D eigenvalue weighted by molar-refractivity contribution is 14.1. The molecule has 1 spiro atoms. The van der Waals surface area contributed by atoms with Crippen LogP contribution in [0.2, 0.25) is 0 Å². The number of benzene rings is 1. The Morgan fingerprint density at radius 3 is 1.95 bits per heavy atom. The molecule has 3 fully saturated rings. The fourth-order valence-corrected chi connectivity index (χ4v) is 5.28. The molecule has 2 bridgehead atoms. The Morgan fingerprint density at radius 2 is 1.48 bits per heavy atom. The number of allylic oxidation sites excluding steroid dienone is 2. The molecular formula is C17H14INO2. The molecule has 1 aliphatic heterocycles. The number of carbonyl (C=O) groups excluding carboxylic acids is 2. The van der Waals surface area contributed by atoms with E-state index in [9.17, 15) is 9.59 Å². The second-order valence-electron chi connectivity index (χ2n) is 6.71. The normalized spacial score (nSPS) is 37.7. The van der Waals surface area contributed by atoms with E-state index >= 15 is 0 Å². The highest BCUT2D eigenvalue weighted by atomic mass is 127. The molecule has 1 aromatic rings. The van der Waals surface area contributed by atoms with Crippen molar-refractivity contribution >= 4 is 40.1 Å². The number of hydrogen-bond donors (Lipinski definition) is 0. The number of anilines is 1. The SMILES string of the molecule is O=C1[C@@H]2[C@@H](C(=O)N1c1ccc(I)cc1)[C@@H]1C=C[C@@H]2C12CC2. The van der Waals surface area contributed by atoms with Crippen LogP contribution in [0.5, 0.6) is 0 Å². The van der Waals surface area contributed by atoms with Crippen LogP contribution in [0.4, 0.5) is 5.69 Å². The molecule has 106 valence electrons. The Hall–Kier alpha value is -1.17. The van der Waals surface area contributed by atoms with E-state index in [-0.39, 0.29) is 29.1 Å². The molecule has 3 aliphatic carbocycles. The van der Waals surface area contributed by atoms with E-state index in [0.29, 0.717) is 11.8 Å². The molecule has 0 aromatic heterocycles. The number of carbonyl (C=O) groups is 2. The first-order chi connectivity index (χ1) is 10.1. The lowest BCUT2D eigenvalue weighted by molar-refractivity contribution is -0.123. The first kappa shape index (κ1) is 12.4. The van der Waals surface area contributed by atoms with Gasteiger partial charge in [0.2, 0.25) is 11.8 Å². The third-order valence-electron chi connectivity index (χ3n) is 5.94. The van der Waals surface area contributed by atoms with E-state index in [1.54, 1.807) is 0 Å². The van der Waals surface area contributed by atoms with Crippen molar-refractivity contribution in [2.75, 3.05) is 4.90 Å². The minimum Gasteiger partial charge on any atom is -0.274 e. The summed E-state index contributed by atoms with van der Waals surface area (Å²) in [5.74, 6) is 0.447. The summed E-state index contributed by atoms with van der Waals surface area (Å²) in [6.45, 7) is 0. The molecule has 4 atom stereocenters. The van der Waals surface area contributed by atoms with Gasteiger partial charge < -0.3 is 0 Å². The van der Waals surface area contributed by atoms with Gasteiger partial charge in [-0.2, -0.15) is 0 Å². The van der Waals surface area contributed by atoms with Gasteiger partial charge in [0.15, 0.2) is 0 Å². The largest absolute Gasteiger partial charge is 0.274 e. The van der Waals surface area contributed by atoms with Gasteiger partial charge in [-0.05, 0) is 76.9 Å². The van der Waals surface area contributed by atoms with Gasteiger partial charge in [-0.15, -0.1) is 0 Å². The van der Waals surface area contributed by atoms with E-state index in [2.05, 4.69) is 34.7 Å². The van der Waals surface area contributed by atoms with Crippen molar-refractivity contribution in [1.29, 1.82) is 0 Å². The summed E-state index contributed by atoms with van der Waals surface area (Å²) in [5.41, 5.74) is 1.00. The molecule has 1 heterocycles. The Morgan fingerprint density at radius 1 is 0.952 bits per heavy atom. The summed E-state index contributed by atoms with van der Waals surface area (Å²) in [6.07, 6.45) is 6.79. The average Bonchev–Trinajstić information content (AvgIpc) is 3.07. The molecular weight excluding hydrogens is 377 g/mol. The summed E-state index contributed by atoms with van der Waals surface area (Å²) in [4.78, 5) is 27.2. The zero-order chi connectivity index (χ0) is 14.4. The maximum Gasteiger partial charge on any atom is 0.238 e. The van der Waals surface area contributed by atoms with E-state index in [1.165, 1.54) is 17.7 Å². The number of imide groups is 1. The van der Waals surface area contributed by atoms with Gasteiger partial charge in [0.1, 0.15) is 0 Å². The van der Waals surface area contributed by atoms with Crippen LogP contribution in [0, 0.1) is 32.7 Å². The molecule has 2 amide bonds. The van der Waals surface area contributed by atoms with E-state index in [4.69, 9.17) is 0 Å². The van der Waals surface area contributed by atoms with Crippen molar-refractivity contribution < 1.29 is 9.59 Å². The molecule has 21 heavy (non-hydrogen) atoms. The molecule has 5 rings (SSSR count). The third kappa shape index (κ3) is 1.35. The van der Waals surface area contributed by atoms with Crippen LogP contribution in [0.3, 0.4) is 0 Å². The highest BCUT2D eigenvalue weighted by Gasteiger charge is 2.73. The Labute approximate surface area is 136 Å². The molecule has 3 nitrogen and oxygen atoms in total. The first-order valence-electron chi connectivity index (χ1n) is 7.45. The molecule has 1 aromatic carbocycles. The van der Waals surface area contributed by atoms with Crippen molar-refractivity contribution in [3.63, 3.8) is 0 Å². The van der Waals surface area contributed by atoms with Crippen LogP contribution in [0.1, 0.15) is 12.8 Å². The Balaban J connectivity index is 1.57. The molecule has 4 heteroatoms. The first-order valence-corrected chi connectivity index (χ1v) is 8.53. The molecule has 0 unspecified atom stereocenters. The molecule has 1 saturated heterocycles. The van der Waals surface area contributed by atoms with Gasteiger partial charge >= 0.3 is 0 Å². The van der Waals surface area contributed by atoms with Crippen LogP contribution in [-0.4, -0.2) is 11.8 Å². The van der Waals surface area contributed by atoms with Crippen molar-refractivity contribution in [3.05, 3.63) is 40.0 Å². The van der Waals surface area contributed by atoms with Gasteiger partial charge in [0, 0.05) is 3.57 Å². The van der Waals surface area contributed by atoms with Crippen LogP contribution in [-0.2, 0) is 9.59 Å². The second kappa shape index (κ2) is 3.77. The molecule has 0 N–H and O–H groups in total. The minimum atomic E-state index is -0.103. The predicted octanol–water partition coefficient (Wildman–Crippen LogP) is 2.99. The van der Waals surface area contributed by atoms with E-state index in [1.807, 2.05) is 24.3 Å². The Kier molecular flexibility index (Phi) is 2.22. The van der Waals surface area contributed by atoms with Gasteiger partial charge in [-0.3, -0.25) is 14.5 Å². The predicted molar refractivity (Wildman–Crippen MR) is 86.4 cm³/mol. The Bertz CT molecular complexity index is 670. The summed E-state index contributed by atoms with van der Waals surface area (Å²) in [5, 5.41) is 0. The number of rotatable bonds is 1. The van der Waals surface area contributed by atoms with Gasteiger partial charge in [0.05, 0.1) is 17.5 Å². The number of amides is 2. The standard InChI is InChI=1S/C17H14INO2/c18-9-1-3-10(4-2-9)19-15(20)13-11-5-6-12(14(13)16(19)21)17(11)7-8-17/h1-6,11-14H,7-8H2/t11-,12-,13-,14-/m0/s1. The molecule has 4 aliphatic rings. The van der Waals surface area contributed by atoms with Crippen LogP contribution < -0.4 is 4.90 Å². The van der Waals surface area contributed by atoms with Crippen LogP contribution in [0.25, 0.3) is 0 Å². The molecule has 2 saturated carbocycles. The lowest BCUT2D eigenvalue weighted by Crippen LogP contribution is -2.34. The lowest BCUT2D eigenvalue weighted by atomic mass is 9.85. The maximum atomic E-state index is 12.9. The van der Waals surface area contributed by atoms with Gasteiger partial charge in [0.25, 0.3) is 0 Å². The van der Waals surface area contributed by atoms with Crippen LogP contribution in [0.15, 0.2) is 36.4 Å². The summed E-state index contributed by atoms with van der Waals surface area (Å²) >= 11 is 2.23. The van der Waals surface area contributed by atoms with Crippen molar-refractivity contribution in [3.8, 4) is 0 Å².